The van der Waals surface area contributed by atoms with Gasteiger partial charge >= 0.3 is 6.03 Å². The number of amides is 2. The summed E-state index contributed by atoms with van der Waals surface area (Å²) in [6, 6.07) is 15.2. The number of carbonyl (C=O) groups excluding carboxylic acids is 1. The highest BCUT2D eigenvalue weighted by Crippen LogP contribution is 2.14. The second-order valence-electron chi connectivity index (χ2n) is 4.92. The maximum atomic E-state index is 13.4. The van der Waals surface area contributed by atoms with Crippen molar-refractivity contribution in [1.82, 2.24) is 10.6 Å². The number of carbonyl (C=O) groups is 1. The van der Waals surface area contributed by atoms with Crippen LogP contribution in [0.2, 0.25) is 0 Å². The Kier molecular flexibility index (Phi) is 5.91. The summed E-state index contributed by atoms with van der Waals surface area (Å²) in [6.45, 7) is 0.457. The molecule has 0 saturated heterocycles. The molecule has 1 unspecified atom stereocenters. The highest BCUT2D eigenvalue weighted by atomic mass is 19.1. The third-order valence-electron chi connectivity index (χ3n) is 3.28. The molecule has 0 aliphatic carbocycles. The molecule has 2 aromatic rings. The molecule has 2 rings (SSSR count). The molecule has 0 bridgehead atoms. The Hall–Kier alpha value is -2.40. The summed E-state index contributed by atoms with van der Waals surface area (Å²) in [6.07, 6.45) is -0.204. The number of urea groups is 1. The zero-order valence-corrected chi connectivity index (χ0v) is 12.1. The number of aliphatic hydroxyl groups excluding tert-OH is 1. The molecule has 22 heavy (non-hydrogen) atoms. The number of halogens is 1. The molecular formula is C17H19FN2O2. The highest BCUT2D eigenvalue weighted by Gasteiger charge is 2.08. The van der Waals surface area contributed by atoms with Crippen LogP contribution >= 0.6 is 0 Å². The van der Waals surface area contributed by atoms with Crippen molar-refractivity contribution in [3.63, 3.8) is 0 Å². The van der Waals surface area contributed by atoms with Gasteiger partial charge in [-0.1, -0.05) is 48.5 Å². The van der Waals surface area contributed by atoms with Crippen molar-refractivity contribution >= 4 is 6.03 Å². The number of hydrogen-bond donors (Lipinski definition) is 3. The monoisotopic (exact) mass is 302 g/mol. The molecule has 5 heteroatoms. The van der Waals surface area contributed by atoms with Crippen molar-refractivity contribution in [2.24, 2.45) is 0 Å². The molecular weight excluding hydrogens is 283 g/mol. The predicted octanol–water partition coefficient (Wildman–Crippen LogP) is 2.75. The number of hydrogen-bond acceptors (Lipinski definition) is 2. The molecule has 1 atom stereocenters. The Morgan fingerprint density at radius 1 is 1.05 bits per heavy atom. The summed E-state index contributed by atoms with van der Waals surface area (Å²) < 4.78 is 13.4. The van der Waals surface area contributed by atoms with Crippen LogP contribution in [-0.4, -0.2) is 17.7 Å². The molecule has 0 fully saturated rings. The zero-order chi connectivity index (χ0) is 15.8. The first kappa shape index (κ1) is 16.0. The fourth-order valence-electron chi connectivity index (χ4n) is 2.04. The fourth-order valence-corrected chi connectivity index (χ4v) is 2.04. The van der Waals surface area contributed by atoms with Gasteiger partial charge < -0.3 is 15.7 Å². The minimum atomic E-state index is -0.618. The van der Waals surface area contributed by atoms with Crippen LogP contribution in [0.3, 0.4) is 0 Å². The van der Waals surface area contributed by atoms with E-state index in [9.17, 15) is 14.3 Å². The van der Waals surface area contributed by atoms with Gasteiger partial charge in [-0.25, -0.2) is 9.18 Å². The lowest BCUT2D eigenvalue weighted by molar-refractivity contribution is 0.167. The van der Waals surface area contributed by atoms with E-state index in [0.29, 0.717) is 18.5 Å². The number of nitrogens with one attached hydrogen (secondary N) is 2. The van der Waals surface area contributed by atoms with Gasteiger partial charge in [0.15, 0.2) is 0 Å². The molecule has 4 nitrogen and oxygen atoms in total. The van der Waals surface area contributed by atoms with Crippen LogP contribution in [0.1, 0.15) is 23.7 Å². The number of aliphatic hydroxyl groups is 1. The van der Waals surface area contributed by atoms with E-state index in [4.69, 9.17) is 0 Å². The first-order valence-electron chi connectivity index (χ1n) is 7.15. The van der Waals surface area contributed by atoms with Gasteiger partial charge in [-0.3, -0.25) is 0 Å². The van der Waals surface area contributed by atoms with Crippen molar-refractivity contribution in [2.45, 2.75) is 19.1 Å². The van der Waals surface area contributed by atoms with Gasteiger partial charge in [-0.15, -0.1) is 0 Å². The van der Waals surface area contributed by atoms with E-state index in [2.05, 4.69) is 10.6 Å². The summed E-state index contributed by atoms with van der Waals surface area (Å²) in [7, 11) is 0. The molecule has 0 spiro atoms. The van der Waals surface area contributed by atoms with Gasteiger partial charge in [-0.05, 0) is 18.1 Å². The van der Waals surface area contributed by atoms with Crippen molar-refractivity contribution in [3.05, 3.63) is 71.5 Å². The normalized spacial score (nSPS) is 11.7. The third kappa shape index (κ3) is 4.86. The van der Waals surface area contributed by atoms with Crippen molar-refractivity contribution < 1.29 is 14.3 Å². The summed E-state index contributed by atoms with van der Waals surface area (Å²) in [5.74, 6) is -0.345. The Bertz CT molecular complexity index is 605. The summed E-state index contributed by atoms with van der Waals surface area (Å²) in [4.78, 5) is 11.6. The lowest BCUT2D eigenvalue weighted by Gasteiger charge is -2.12. The minimum absolute atomic E-state index is 0.125. The summed E-state index contributed by atoms with van der Waals surface area (Å²) >= 11 is 0. The van der Waals surface area contributed by atoms with E-state index >= 15 is 0 Å². The minimum Gasteiger partial charge on any atom is -0.388 e. The first-order chi connectivity index (χ1) is 10.7. The van der Waals surface area contributed by atoms with Crippen molar-refractivity contribution in [2.75, 3.05) is 6.54 Å². The van der Waals surface area contributed by atoms with Gasteiger partial charge in [0, 0.05) is 18.7 Å². The van der Waals surface area contributed by atoms with Crippen molar-refractivity contribution in [1.29, 1.82) is 0 Å². The summed E-state index contributed by atoms with van der Waals surface area (Å²) in [5, 5.41) is 15.2. The van der Waals surface area contributed by atoms with Gasteiger partial charge in [0.25, 0.3) is 0 Å². The van der Waals surface area contributed by atoms with E-state index in [0.717, 1.165) is 5.56 Å². The molecule has 0 radical (unpaired) electrons. The van der Waals surface area contributed by atoms with E-state index in [1.165, 1.54) is 6.07 Å². The Morgan fingerprint density at radius 3 is 2.45 bits per heavy atom. The Morgan fingerprint density at radius 2 is 1.73 bits per heavy atom. The largest absolute Gasteiger partial charge is 0.388 e. The van der Waals surface area contributed by atoms with Gasteiger partial charge in [0.2, 0.25) is 0 Å². The molecule has 2 aromatic carbocycles. The molecule has 0 aliphatic heterocycles. The van der Waals surface area contributed by atoms with Crippen LogP contribution in [-0.2, 0) is 6.54 Å². The molecule has 0 saturated carbocycles. The average Bonchev–Trinajstić information content (AvgIpc) is 2.55. The van der Waals surface area contributed by atoms with Crippen LogP contribution in [0.4, 0.5) is 9.18 Å². The second kappa shape index (κ2) is 8.14. The van der Waals surface area contributed by atoms with Gasteiger partial charge in [-0.2, -0.15) is 0 Å². The SMILES string of the molecule is O=C(NCCC(O)c1ccccc1)NCc1ccccc1F. The lowest BCUT2D eigenvalue weighted by atomic mass is 10.1. The fraction of sp³-hybridized carbons (Fsp3) is 0.235. The molecule has 0 heterocycles. The number of rotatable bonds is 6. The molecule has 0 aromatic heterocycles. The maximum absolute atomic E-state index is 13.4. The van der Waals surface area contributed by atoms with E-state index in [-0.39, 0.29) is 18.4 Å². The first-order valence-corrected chi connectivity index (χ1v) is 7.15. The topological polar surface area (TPSA) is 61.4 Å². The molecule has 116 valence electrons. The Balaban J connectivity index is 1.69. The zero-order valence-electron chi connectivity index (χ0n) is 12.1. The summed E-state index contributed by atoms with van der Waals surface area (Å²) in [5.41, 5.74) is 1.25. The predicted molar refractivity (Wildman–Crippen MR) is 82.7 cm³/mol. The van der Waals surface area contributed by atoms with E-state index < -0.39 is 6.10 Å². The third-order valence-corrected chi connectivity index (χ3v) is 3.28. The smallest absolute Gasteiger partial charge is 0.315 e. The standard InChI is InChI=1S/C17H19FN2O2/c18-15-9-5-4-8-14(15)12-20-17(22)19-11-10-16(21)13-6-2-1-3-7-13/h1-9,16,21H,10-12H2,(H2,19,20,22). The van der Waals surface area contributed by atoms with Gasteiger partial charge in [0.1, 0.15) is 5.82 Å². The second-order valence-corrected chi connectivity index (χ2v) is 4.92. The van der Waals surface area contributed by atoms with Crippen LogP contribution < -0.4 is 10.6 Å². The number of benzene rings is 2. The van der Waals surface area contributed by atoms with E-state index in [1.807, 2.05) is 30.3 Å². The van der Waals surface area contributed by atoms with E-state index in [1.54, 1.807) is 18.2 Å². The van der Waals surface area contributed by atoms with Crippen LogP contribution in [0.15, 0.2) is 54.6 Å². The van der Waals surface area contributed by atoms with Crippen LogP contribution in [0.25, 0.3) is 0 Å². The maximum Gasteiger partial charge on any atom is 0.315 e. The quantitative estimate of drug-likeness (QED) is 0.768. The van der Waals surface area contributed by atoms with Gasteiger partial charge in [0.05, 0.1) is 6.10 Å². The van der Waals surface area contributed by atoms with Crippen LogP contribution in [0, 0.1) is 5.82 Å². The molecule has 0 aliphatic rings. The average molecular weight is 302 g/mol. The van der Waals surface area contributed by atoms with Crippen LogP contribution in [0.5, 0.6) is 0 Å². The molecule has 2 amide bonds. The molecule has 3 N–H and O–H groups in total. The lowest BCUT2D eigenvalue weighted by Crippen LogP contribution is -2.36. The Labute approximate surface area is 129 Å². The van der Waals surface area contributed by atoms with Crippen molar-refractivity contribution in [3.8, 4) is 0 Å². The highest BCUT2D eigenvalue weighted by molar-refractivity contribution is 5.73.